The lowest BCUT2D eigenvalue weighted by molar-refractivity contribution is 0.0828. The second-order valence-electron chi connectivity index (χ2n) is 5.83. The molecule has 0 spiro atoms. The van der Waals surface area contributed by atoms with Gasteiger partial charge in [0.05, 0.1) is 6.20 Å². The summed E-state index contributed by atoms with van der Waals surface area (Å²) in [5, 5.41) is 0. The van der Waals surface area contributed by atoms with Crippen molar-refractivity contribution in [3.05, 3.63) is 10.7 Å². The topological polar surface area (TPSA) is 50.3 Å². The maximum absolute atomic E-state index is 12.8. The van der Waals surface area contributed by atoms with E-state index in [1.54, 1.807) is 4.31 Å². The maximum Gasteiger partial charge on any atom is 0.254 e. The number of thiazole rings is 1. The van der Waals surface area contributed by atoms with E-state index >= 15 is 0 Å². The van der Waals surface area contributed by atoms with Crippen molar-refractivity contribution in [2.24, 2.45) is 11.8 Å². The van der Waals surface area contributed by atoms with E-state index in [1.165, 1.54) is 12.6 Å². The van der Waals surface area contributed by atoms with Gasteiger partial charge < -0.3 is 0 Å². The Bertz CT molecular complexity index is 587. The van der Waals surface area contributed by atoms with Gasteiger partial charge in [-0.2, -0.15) is 4.31 Å². The Labute approximate surface area is 129 Å². The van der Waals surface area contributed by atoms with Crippen molar-refractivity contribution in [3.8, 4) is 0 Å². The summed E-state index contributed by atoms with van der Waals surface area (Å²) >= 11 is 6.84. The monoisotopic (exact) mass is 334 g/mol. The fourth-order valence-electron chi connectivity index (χ4n) is 3.64. The van der Waals surface area contributed by atoms with Gasteiger partial charge in [0.15, 0.2) is 8.68 Å². The van der Waals surface area contributed by atoms with E-state index in [0.29, 0.717) is 18.4 Å². The largest absolute Gasteiger partial charge is 0.254 e. The third kappa shape index (κ3) is 2.51. The van der Waals surface area contributed by atoms with E-state index in [9.17, 15) is 8.42 Å². The van der Waals surface area contributed by atoms with Crippen LogP contribution in [0.15, 0.2) is 10.4 Å². The van der Waals surface area contributed by atoms with Gasteiger partial charge in [-0.25, -0.2) is 13.4 Å². The van der Waals surface area contributed by atoms with Crippen LogP contribution in [-0.4, -0.2) is 30.3 Å². The molecule has 1 aliphatic carbocycles. The Morgan fingerprint density at radius 2 is 2.10 bits per heavy atom. The van der Waals surface area contributed by atoms with E-state index in [-0.39, 0.29) is 14.7 Å². The smallest absolute Gasteiger partial charge is 0.232 e. The average Bonchev–Trinajstić information content (AvgIpc) is 2.87. The molecule has 2 aliphatic rings. The molecule has 1 saturated carbocycles. The lowest BCUT2D eigenvalue weighted by atomic mass is 9.74. The number of fused-ring (bicyclic) bond motifs is 1. The van der Waals surface area contributed by atoms with Crippen molar-refractivity contribution >= 4 is 33.0 Å². The molecule has 7 heteroatoms. The third-order valence-electron chi connectivity index (χ3n) is 4.71. The molecule has 0 aromatic carbocycles. The third-order valence-corrected chi connectivity index (χ3v) is 8.18. The number of halogens is 1. The minimum absolute atomic E-state index is 0.165. The van der Waals surface area contributed by atoms with Crippen LogP contribution in [-0.2, 0) is 10.0 Å². The molecular formula is C13H19ClN2O2S2. The average molecular weight is 335 g/mol. The number of piperidine rings is 1. The zero-order valence-electron chi connectivity index (χ0n) is 11.5. The van der Waals surface area contributed by atoms with Crippen molar-refractivity contribution in [1.29, 1.82) is 0 Å². The van der Waals surface area contributed by atoms with Gasteiger partial charge in [0.1, 0.15) is 0 Å². The number of aromatic nitrogens is 1. The van der Waals surface area contributed by atoms with Crippen LogP contribution in [0.3, 0.4) is 0 Å². The fraction of sp³-hybridized carbons (Fsp3) is 0.769. The van der Waals surface area contributed by atoms with Crippen LogP contribution in [0.4, 0.5) is 0 Å². The Hall–Kier alpha value is -0.170. The quantitative estimate of drug-likeness (QED) is 0.833. The summed E-state index contributed by atoms with van der Waals surface area (Å²) in [6, 6.07) is 0.165. The molecule has 4 nitrogen and oxygen atoms in total. The van der Waals surface area contributed by atoms with Crippen LogP contribution >= 0.6 is 22.9 Å². The number of hydrogen-bond acceptors (Lipinski definition) is 4. The first kappa shape index (κ1) is 14.8. The first-order valence-corrected chi connectivity index (χ1v) is 9.77. The molecule has 1 aliphatic heterocycles. The molecule has 112 valence electrons. The summed E-state index contributed by atoms with van der Waals surface area (Å²) in [6.07, 6.45) is 6.84. The van der Waals surface area contributed by atoms with Crippen molar-refractivity contribution in [2.45, 2.75) is 49.3 Å². The molecular weight excluding hydrogens is 316 g/mol. The summed E-state index contributed by atoms with van der Waals surface area (Å²) < 4.78 is 27.9. The first-order chi connectivity index (χ1) is 9.50. The highest BCUT2D eigenvalue weighted by atomic mass is 35.5. The van der Waals surface area contributed by atoms with Gasteiger partial charge in [-0.3, -0.25) is 0 Å². The lowest BCUT2D eigenvalue weighted by Crippen LogP contribution is -2.52. The minimum atomic E-state index is -3.43. The van der Waals surface area contributed by atoms with Gasteiger partial charge in [-0.15, -0.1) is 0 Å². The number of nitrogens with zero attached hydrogens (tertiary/aromatic N) is 2. The Morgan fingerprint density at radius 3 is 2.80 bits per heavy atom. The van der Waals surface area contributed by atoms with Crippen LogP contribution in [0.2, 0.25) is 4.47 Å². The van der Waals surface area contributed by atoms with E-state index < -0.39 is 10.0 Å². The Balaban J connectivity index is 1.92. The number of rotatable bonds is 2. The molecule has 0 N–H and O–H groups in total. The van der Waals surface area contributed by atoms with Crippen LogP contribution in [0.1, 0.15) is 39.0 Å². The minimum Gasteiger partial charge on any atom is -0.232 e. The standard InChI is InChI=1S/C13H19ClN2O2S2/c1-9-6-7-16(11-5-3-2-4-10(9)11)20(17,18)12-8-15-13(14)19-12/h8-11H,2-7H2,1H3. The molecule has 1 aromatic rings. The van der Waals surface area contributed by atoms with E-state index in [0.717, 1.165) is 37.0 Å². The lowest BCUT2D eigenvalue weighted by Gasteiger charge is -2.46. The molecule has 0 amide bonds. The van der Waals surface area contributed by atoms with E-state index in [4.69, 9.17) is 11.6 Å². The molecule has 1 aromatic heterocycles. The van der Waals surface area contributed by atoms with Crippen LogP contribution < -0.4 is 0 Å². The highest BCUT2D eigenvalue weighted by Gasteiger charge is 2.43. The van der Waals surface area contributed by atoms with Gasteiger partial charge in [0.25, 0.3) is 10.0 Å². The van der Waals surface area contributed by atoms with Gasteiger partial charge >= 0.3 is 0 Å². The maximum atomic E-state index is 12.8. The number of sulfonamides is 1. The molecule has 20 heavy (non-hydrogen) atoms. The van der Waals surface area contributed by atoms with Gasteiger partial charge in [-0.1, -0.05) is 42.7 Å². The summed E-state index contributed by atoms with van der Waals surface area (Å²) in [5.41, 5.74) is 0. The zero-order valence-corrected chi connectivity index (χ0v) is 13.8. The normalized spacial score (nSPS) is 32.0. The van der Waals surface area contributed by atoms with Crippen molar-refractivity contribution in [1.82, 2.24) is 9.29 Å². The summed E-state index contributed by atoms with van der Waals surface area (Å²) in [7, 11) is -3.43. The summed E-state index contributed by atoms with van der Waals surface area (Å²) in [5.74, 6) is 1.13. The first-order valence-electron chi connectivity index (χ1n) is 7.13. The van der Waals surface area contributed by atoms with Crippen LogP contribution in [0.25, 0.3) is 0 Å². The van der Waals surface area contributed by atoms with Gasteiger partial charge in [0.2, 0.25) is 0 Å². The zero-order chi connectivity index (χ0) is 14.3. The molecule has 0 bridgehead atoms. The predicted octanol–water partition coefficient (Wildman–Crippen LogP) is 3.39. The second-order valence-corrected chi connectivity index (χ2v) is 9.56. The van der Waals surface area contributed by atoms with Crippen LogP contribution in [0.5, 0.6) is 0 Å². The van der Waals surface area contributed by atoms with Crippen molar-refractivity contribution in [2.75, 3.05) is 6.54 Å². The highest BCUT2D eigenvalue weighted by Crippen LogP contribution is 2.41. The second kappa shape index (κ2) is 5.55. The Morgan fingerprint density at radius 1 is 1.35 bits per heavy atom. The number of hydrogen-bond donors (Lipinski definition) is 0. The SMILES string of the molecule is CC1CCN(S(=O)(=O)c2cnc(Cl)s2)C2CCCCC12. The molecule has 2 fully saturated rings. The predicted molar refractivity (Wildman–Crippen MR) is 80.5 cm³/mol. The summed E-state index contributed by atoms with van der Waals surface area (Å²) in [4.78, 5) is 3.87. The van der Waals surface area contributed by atoms with Crippen molar-refractivity contribution < 1.29 is 8.42 Å². The molecule has 3 unspecified atom stereocenters. The van der Waals surface area contributed by atoms with Crippen LogP contribution in [0, 0.1) is 11.8 Å². The summed E-state index contributed by atoms with van der Waals surface area (Å²) in [6.45, 7) is 2.89. The molecule has 2 heterocycles. The van der Waals surface area contributed by atoms with Gasteiger partial charge in [-0.05, 0) is 31.1 Å². The molecule has 3 rings (SSSR count). The molecule has 0 radical (unpaired) electrons. The molecule has 1 saturated heterocycles. The molecule has 3 atom stereocenters. The van der Waals surface area contributed by atoms with E-state index in [1.807, 2.05) is 0 Å². The highest BCUT2D eigenvalue weighted by molar-refractivity contribution is 7.91. The van der Waals surface area contributed by atoms with Crippen molar-refractivity contribution in [3.63, 3.8) is 0 Å². The van der Waals surface area contributed by atoms with Gasteiger partial charge in [0, 0.05) is 12.6 Å². The fourth-order valence-corrected chi connectivity index (χ4v) is 6.78. The Kier molecular flexibility index (Phi) is 4.10. The van der Waals surface area contributed by atoms with E-state index in [2.05, 4.69) is 11.9 Å².